The summed E-state index contributed by atoms with van der Waals surface area (Å²) in [5.74, 6) is 2.27. The second kappa shape index (κ2) is 9.64. The zero-order chi connectivity index (χ0) is 20.9. The Kier molecular flexibility index (Phi) is 7.20. The maximum atomic E-state index is 5.45. The molecule has 0 amide bonds. The van der Waals surface area contributed by atoms with Crippen LogP contribution >= 0.6 is 0 Å². The number of ether oxygens (including phenoxy) is 2. The second-order valence-corrected chi connectivity index (χ2v) is 8.80. The summed E-state index contributed by atoms with van der Waals surface area (Å²) in [5.41, 5.74) is 3.06. The van der Waals surface area contributed by atoms with E-state index in [0.29, 0.717) is 12.0 Å². The average Bonchev–Trinajstić information content (AvgIpc) is 2.75. The lowest BCUT2D eigenvalue weighted by Gasteiger charge is -2.47. The Morgan fingerprint density at radius 1 is 1.03 bits per heavy atom. The molecule has 29 heavy (non-hydrogen) atoms. The Balaban J connectivity index is 1.69. The SMILES string of the molecule is COc1ccc(C[NH2+]CCC2(c3ccccc3)CC(C)[NH+](C)CC2C)cc1OC. The number of methoxy groups -OCH3 is 2. The van der Waals surface area contributed by atoms with Crippen LogP contribution in [0.1, 0.15) is 37.8 Å². The highest BCUT2D eigenvalue weighted by Gasteiger charge is 2.46. The minimum atomic E-state index is 0.272. The minimum Gasteiger partial charge on any atom is -0.493 e. The number of nitrogens with two attached hydrogens (primary N) is 1. The number of likely N-dealkylation sites (tertiary alicyclic amines) is 1. The lowest BCUT2D eigenvalue weighted by molar-refractivity contribution is -0.915. The molecule has 1 aliphatic rings. The van der Waals surface area contributed by atoms with Crippen LogP contribution in [0, 0.1) is 5.92 Å². The first-order valence-corrected chi connectivity index (χ1v) is 10.9. The summed E-state index contributed by atoms with van der Waals surface area (Å²) in [7, 11) is 5.72. The number of nitrogens with one attached hydrogen (secondary N) is 1. The van der Waals surface area contributed by atoms with Crippen LogP contribution in [0.3, 0.4) is 0 Å². The van der Waals surface area contributed by atoms with Gasteiger partial charge >= 0.3 is 0 Å². The molecule has 158 valence electrons. The van der Waals surface area contributed by atoms with Crippen LogP contribution in [0.25, 0.3) is 0 Å². The fraction of sp³-hybridized carbons (Fsp3) is 0.520. The van der Waals surface area contributed by atoms with Crippen molar-refractivity contribution in [3.63, 3.8) is 0 Å². The Hall–Kier alpha value is -2.04. The van der Waals surface area contributed by atoms with E-state index in [1.165, 1.54) is 30.5 Å². The van der Waals surface area contributed by atoms with Gasteiger partial charge in [-0.25, -0.2) is 0 Å². The predicted molar refractivity (Wildman–Crippen MR) is 118 cm³/mol. The van der Waals surface area contributed by atoms with E-state index in [1.807, 2.05) is 6.07 Å². The van der Waals surface area contributed by atoms with Crippen LogP contribution in [-0.2, 0) is 12.0 Å². The number of hydrogen-bond donors (Lipinski definition) is 2. The van der Waals surface area contributed by atoms with E-state index in [4.69, 9.17) is 9.47 Å². The fourth-order valence-corrected chi connectivity index (χ4v) is 5.10. The third-order valence-electron chi connectivity index (χ3n) is 7.05. The highest BCUT2D eigenvalue weighted by molar-refractivity contribution is 5.42. The van der Waals surface area contributed by atoms with Crippen molar-refractivity contribution in [1.29, 1.82) is 0 Å². The molecule has 3 rings (SSSR count). The highest BCUT2D eigenvalue weighted by atomic mass is 16.5. The summed E-state index contributed by atoms with van der Waals surface area (Å²) in [5, 5.41) is 2.44. The highest BCUT2D eigenvalue weighted by Crippen LogP contribution is 2.40. The van der Waals surface area contributed by atoms with Crippen molar-refractivity contribution in [3.8, 4) is 11.5 Å². The van der Waals surface area contributed by atoms with Gasteiger partial charge in [0.2, 0.25) is 0 Å². The number of rotatable bonds is 8. The summed E-state index contributed by atoms with van der Waals surface area (Å²) >= 11 is 0. The topological polar surface area (TPSA) is 39.5 Å². The zero-order valence-electron chi connectivity index (χ0n) is 18.7. The molecule has 3 N–H and O–H groups in total. The molecule has 1 fully saturated rings. The molecule has 1 heterocycles. The first-order valence-electron chi connectivity index (χ1n) is 10.9. The van der Waals surface area contributed by atoms with Crippen LogP contribution in [0.2, 0.25) is 0 Å². The van der Waals surface area contributed by atoms with Gasteiger partial charge in [0.1, 0.15) is 6.54 Å². The third-order valence-corrected chi connectivity index (χ3v) is 7.05. The summed E-state index contributed by atoms with van der Waals surface area (Å²) in [6, 6.07) is 18.1. The van der Waals surface area contributed by atoms with Gasteiger partial charge in [-0.15, -0.1) is 0 Å². The van der Waals surface area contributed by atoms with Crippen molar-refractivity contribution in [1.82, 2.24) is 0 Å². The van der Waals surface area contributed by atoms with Gasteiger partial charge in [0.15, 0.2) is 11.5 Å². The van der Waals surface area contributed by atoms with Crippen molar-refractivity contribution in [2.24, 2.45) is 5.92 Å². The number of hydrogen-bond acceptors (Lipinski definition) is 2. The number of piperidine rings is 1. The van der Waals surface area contributed by atoms with Crippen LogP contribution in [0.15, 0.2) is 48.5 Å². The van der Waals surface area contributed by atoms with Crippen LogP contribution in [0.5, 0.6) is 11.5 Å². The molecular weight excluding hydrogens is 360 g/mol. The normalized spacial score (nSPS) is 26.9. The van der Waals surface area contributed by atoms with Crippen molar-refractivity contribution in [2.45, 2.75) is 44.7 Å². The average molecular weight is 399 g/mol. The van der Waals surface area contributed by atoms with E-state index in [9.17, 15) is 0 Å². The molecule has 0 aliphatic carbocycles. The molecule has 0 bridgehead atoms. The Morgan fingerprint density at radius 3 is 2.45 bits per heavy atom. The van der Waals surface area contributed by atoms with E-state index < -0.39 is 0 Å². The van der Waals surface area contributed by atoms with Gasteiger partial charge in [0.05, 0.1) is 40.4 Å². The molecule has 4 unspecified atom stereocenters. The van der Waals surface area contributed by atoms with Crippen molar-refractivity contribution < 1.29 is 19.7 Å². The molecular formula is C25H38N2O2+2. The molecule has 0 saturated carbocycles. The smallest absolute Gasteiger partial charge is 0.161 e. The van der Waals surface area contributed by atoms with Gasteiger partial charge in [-0.05, 0) is 30.7 Å². The zero-order valence-corrected chi connectivity index (χ0v) is 18.7. The lowest BCUT2D eigenvalue weighted by atomic mass is 9.63. The number of quaternary nitrogens is 2. The van der Waals surface area contributed by atoms with Crippen LogP contribution in [0.4, 0.5) is 0 Å². The molecule has 4 heteroatoms. The molecule has 4 atom stereocenters. The fourth-order valence-electron chi connectivity index (χ4n) is 5.10. The lowest BCUT2D eigenvalue weighted by Crippen LogP contribution is -3.15. The molecule has 0 radical (unpaired) electrons. The van der Waals surface area contributed by atoms with Crippen LogP contribution < -0.4 is 19.7 Å². The monoisotopic (exact) mass is 398 g/mol. The predicted octanol–water partition coefficient (Wildman–Crippen LogP) is 2.04. The first kappa shape index (κ1) is 21.7. The number of benzene rings is 2. The van der Waals surface area contributed by atoms with E-state index in [2.05, 4.69) is 68.7 Å². The minimum absolute atomic E-state index is 0.272. The quantitative estimate of drug-likeness (QED) is 0.668. The van der Waals surface area contributed by atoms with Gasteiger partial charge in [-0.3, -0.25) is 0 Å². The largest absolute Gasteiger partial charge is 0.493 e. The Morgan fingerprint density at radius 2 is 1.76 bits per heavy atom. The molecule has 2 aromatic carbocycles. The maximum Gasteiger partial charge on any atom is 0.161 e. The third kappa shape index (κ3) is 4.76. The summed E-state index contributed by atoms with van der Waals surface area (Å²) in [4.78, 5) is 1.67. The molecule has 2 aromatic rings. The molecule has 4 nitrogen and oxygen atoms in total. The Labute approximate surface area is 176 Å². The van der Waals surface area contributed by atoms with Crippen molar-refractivity contribution >= 4 is 0 Å². The molecule has 1 aliphatic heterocycles. The van der Waals surface area contributed by atoms with Gasteiger partial charge < -0.3 is 19.7 Å². The van der Waals surface area contributed by atoms with Gasteiger partial charge in [0, 0.05) is 29.7 Å². The standard InChI is InChI=1S/C25H36N2O2/c1-19-18-27(3)20(2)16-25(19,22-9-7-6-8-10-22)13-14-26-17-21-11-12-23(28-4)24(15-21)29-5/h6-12,15,19-20,26H,13-14,16-18H2,1-5H3/p+2. The van der Waals surface area contributed by atoms with Crippen molar-refractivity contribution in [2.75, 3.05) is 34.4 Å². The summed E-state index contributed by atoms with van der Waals surface area (Å²) < 4.78 is 10.8. The summed E-state index contributed by atoms with van der Waals surface area (Å²) in [6.07, 6.45) is 2.47. The Bertz CT molecular complexity index is 780. The molecule has 1 saturated heterocycles. The second-order valence-electron chi connectivity index (χ2n) is 8.80. The van der Waals surface area contributed by atoms with E-state index in [0.717, 1.165) is 24.6 Å². The van der Waals surface area contributed by atoms with E-state index in [1.54, 1.807) is 19.1 Å². The molecule has 0 spiro atoms. The van der Waals surface area contributed by atoms with Crippen LogP contribution in [-0.4, -0.2) is 40.4 Å². The van der Waals surface area contributed by atoms with Gasteiger partial charge in [-0.2, -0.15) is 0 Å². The van der Waals surface area contributed by atoms with E-state index >= 15 is 0 Å². The maximum absolute atomic E-state index is 5.45. The van der Waals surface area contributed by atoms with Gasteiger partial charge in [-0.1, -0.05) is 37.3 Å². The van der Waals surface area contributed by atoms with Gasteiger partial charge in [0.25, 0.3) is 0 Å². The van der Waals surface area contributed by atoms with E-state index in [-0.39, 0.29) is 5.41 Å². The van der Waals surface area contributed by atoms with Crippen molar-refractivity contribution in [3.05, 3.63) is 59.7 Å². The summed E-state index contributed by atoms with van der Waals surface area (Å²) in [6.45, 7) is 8.19. The molecule has 0 aromatic heterocycles. The first-order chi connectivity index (χ1) is 14.0.